The van der Waals surface area contributed by atoms with Gasteiger partial charge in [0.25, 0.3) is 0 Å². The summed E-state index contributed by atoms with van der Waals surface area (Å²) in [5.74, 6) is 0.275. The molecule has 0 saturated carbocycles. The largest absolute Gasteiger partial charge is 0.381 e. The molecule has 1 aromatic rings. The first-order valence-electron chi connectivity index (χ1n) is 4.25. The summed E-state index contributed by atoms with van der Waals surface area (Å²) in [7, 11) is 0. The Kier molecular flexibility index (Phi) is 4.85. The van der Waals surface area contributed by atoms with E-state index in [9.17, 15) is 0 Å². The number of aromatic amines is 1. The fourth-order valence-electron chi connectivity index (χ4n) is 0.693. The first kappa shape index (κ1) is 11.4. The van der Waals surface area contributed by atoms with Crippen LogP contribution >= 0.6 is 24.3 Å². The fourth-order valence-corrected chi connectivity index (χ4v) is 1.46. The summed E-state index contributed by atoms with van der Waals surface area (Å²) in [5.41, 5.74) is 5.50. The van der Waals surface area contributed by atoms with Crippen LogP contribution in [-0.2, 0) is 4.18 Å². The minimum Gasteiger partial charge on any atom is -0.381 e. The highest BCUT2D eigenvalue weighted by Crippen LogP contribution is 2.19. The molecule has 0 atom stereocenters. The van der Waals surface area contributed by atoms with E-state index < -0.39 is 0 Å². The fraction of sp³-hybridized carbons (Fsp3) is 0.571. The molecule has 3 N–H and O–H groups in total. The van der Waals surface area contributed by atoms with E-state index in [1.54, 1.807) is 0 Å². The molecule has 78 valence electrons. The third-order valence-electron chi connectivity index (χ3n) is 1.47. The van der Waals surface area contributed by atoms with Crippen LogP contribution in [-0.4, -0.2) is 22.0 Å². The first-order chi connectivity index (χ1) is 6.75. The highest BCUT2D eigenvalue weighted by Gasteiger charge is 2.03. The average Bonchev–Trinajstić information content (AvgIpc) is 2.19. The van der Waals surface area contributed by atoms with Gasteiger partial charge in [-0.15, -0.1) is 10.2 Å². The van der Waals surface area contributed by atoms with Crippen LogP contribution in [0.15, 0.2) is 5.03 Å². The van der Waals surface area contributed by atoms with Crippen LogP contribution in [0.1, 0.15) is 19.8 Å². The summed E-state index contributed by atoms with van der Waals surface area (Å²) in [6.45, 7) is 2.78. The van der Waals surface area contributed by atoms with E-state index >= 15 is 0 Å². The molecular formula is C7H12N4OS2. The molecule has 0 amide bonds. The highest BCUT2D eigenvalue weighted by molar-refractivity contribution is 7.94. The summed E-state index contributed by atoms with van der Waals surface area (Å²) in [6.07, 6.45) is 2.11. The topological polar surface area (TPSA) is 76.8 Å². The van der Waals surface area contributed by atoms with E-state index in [0.717, 1.165) is 24.9 Å². The maximum Gasteiger partial charge on any atom is 0.167 e. The molecule has 0 aliphatic heterocycles. The SMILES string of the molecule is CCCCOSc1n[nH]nc(N)c1=S. The van der Waals surface area contributed by atoms with Crippen LogP contribution in [0.2, 0.25) is 0 Å². The molecule has 0 saturated heterocycles. The van der Waals surface area contributed by atoms with Gasteiger partial charge in [0.2, 0.25) is 0 Å². The van der Waals surface area contributed by atoms with E-state index in [1.165, 1.54) is 0 Å². The second-order valence-corrected chi connectivity index (χ2v) is 3.80. The van der Waals surface area contributed by atoms with Gasteiger partial charge in [-0.3, -0.25) is 0 Å². The molecule has 5 nitrogen and oxygen atoms in total. The number of aromatic nitrogens is 3. The Hall–Kier alpha value is -0.660. The molecule has 0 unspecified atom stereocenters. The Morgan fingerprint density at radius 3 is 3.07 bits per heavy atom. The molecule has 0 spiro atoms. The number of H-pyrrole nitrogens is 1. The number of nitrogens with zero attached hydrogens (tertiary/aromatic N) is 2. The van der Waals surface area contributed by atoms with Crippen molar-refractivity contribution in [3.05, 3.63) is 4.51 Å². The van der Waals surface area contributed by atoms with Crippen LogP contribution in [0, 0.1) is 4.51 Å². The van der Waals surface area contributed by atoms with E-state index in [2.05, 4.69) is 22.3 Å². The van der Waals surface area contributed by atoms with Crippen LogP contribution in [0.5, 0.6) is 0 Å². The molecule has 7 heteroatoms. The van der Waals surface area contributed by atoms with Gasteiger partial charge in [0.05, 0.1) is 18.6 Å². The van der Waals surface area contributed by atoms with Crippen molar-refractivity contribution < 1.29 is 4.18 Å². The molecule has 0 aromatic carbocycles. The molecule has 0 aliphatic carbocycles. The quantitative estimate of drug-likeness (QED) is 0.459. The van der Waals surface area contributed by atoms with Crippen molar-refractivity contribution in [2.45, 2.75) is 24.8 Å². The van der Waals surface area contributed by atoms with Gasteiger partial charge in [0, 0.05) is 0 Å². The predicted molar refractivity (Wildman–Crippen MR) is 58.3 cm³/mol. The lowest BCUT2D eigenvalue weighted by atomic mass is 10.4. The smallest absolute Gasteiger partial charge is 0.167 e. The maximum absolute atomic E-state index is 5.50. The predicted octanol–water partition coefficient (Wildman–Crippen LogP) is 1.94. The van der Waals surface area contributed by atoms with Gasteiger partial charge < -0.3 is 9.92 Å². The Morgan fingerprint density at radius 1 is 1.57 bits per heavy atom. The molecule has 0 bridgehead atoms. The third kappa shape index (κ3) is 3.24. The first-order valence-corrected chi connectivity index (χ1v) is 5.40. The Balaban J connectivity index is 2.51. The lowest BCUT2D eigenvalue weighted by molar-refractivity contribution is 0.361. The molecule has 0 radical (unpaired) electrons. The van der Waals surface area contributed by atoms with Gasteiger partial charge >= 0.3 is 0 Å². The number of anilines is 1. The standard InChI is InChI=1S/C7H12N4OS2/c1-2-3-4-12-14-7-5(13)6(8)9-11-10-7/h2-4H2,1H3,(H,11,13)(H2,8,9,10). The van der Waals surface area contributed by atoms with Crippen molar-refractivity contribution in [3.8, 4) is 0 Å². The highest BCUT2D eigenvalue weighted by atomic mass is 32.2. The molecule has 0 aliphatic rings. The van der Waals surface area contributed by atoms with Gasteiger partial charge in [-0.2, -0.15) is 5.21 Å². The van der Waals surface area contributed by atoms with Gasteiger partial charge in [-0.25, -0.2) is 0 Å². The number of hydrogen-bond acceptors (Lipinski definition) is 6. The molecule has 14 heavy (non-hydrogen) atoms. The van der Waals surface area contributed by atoms with E-state index in [1.807, 2.05) is 0 Å². The number of nitrogens with two attached hydrogens (primary N) is 1. The number of nitrogens with one attached hydrogen (secondary N) is 1. The van der Waals surface area contributed by atoms with Crippen LogP contribution in [0.3, 0.4) is 0 Å². The second-order valence-electron chi connectivity index (χ2n) is 2.60. The van der Waals surface area contributed by atoms with E-state index in [4.69, 9.17) is 22.1 Å². The van der Waals surface area contributed by atoms with Gasteiger partial charge in [0.1, 0.15) is 4.51 Å². The lowest BCUT2D eigenvalue weighted by Crippen LogP contribution is -1.99. The number of nitrogen functional groups attached to an aromatic ring is 1. The van der Waals surface area contributed by atoms with Gasteiger partial charge in [-0.1, -0.05) is 25.6 Å². The zero-order chi connectivity index (χ0) is 10.4. The van der Waals surface area contributed by atoms with Gasteiger partial charge in [0.15, 0.2) is 10.8 Å². The minimum absolute atomic E-state index is 0.275. The third-order valence-corrected chi connectivity index (χ3v) is 2.74. The van der Waals surface area contributed by atoms with Gasteiger partial charge in [-0.05, 0) is 6.42 Å². The average molecular weight is 232 g/mol. The van der Waals surface area contributed by atoms with Crippen molar-refractivity contribution in [1.82, 2.24) is 15.4 Å². The maximum atomic E-state index is 5.50. The minimum atomic E-state index is 0.275. The van der Waals surface area contributed by atoms with Crippen molar-refractivity contribution in [3.63, 3.8) is 0 Å². The zero-order valence-corrected chi connectivity index (χ0v) is 9.45. The van der Waals surface area contributed by atoms with E-state index in [0.29, 0.717) is 16.1 Å². The Morgan fingerprint density at radius 2 is 2.36 bits per heavy atom. The van der Waals surface area contributed by atoms with Crippen molar-refractivity contribution in [1.29, 1.82) is 0 Å². The van der Waals surface area contributed by atoms with Crippen molar-refractivity contribution in [2.75, 3.05) is 12.3 Å². The Labute approximate surface area is 91.6 Å². The second kappa shape index (κ2) is 5.94. The summed E-state index contributed by atoms with van der Waals surface area (Å²) >= 11 is 6.13. The monoisotopic (exact) mass is 232 g/mol. The Bertz CT molecular complexity index is 341. The summed E-state index contributed by atoms with van der Waals surface area (Å²) < 4.78 is 5.72. The summed E-state index contributed by atoms with van der Waals surface area (Å²) in [4.78, 5) is 0. The summed E-state index contributed by atoms with van der Waals surface area (Å²) in [6, 6.07) is 0. The van der Waals surface area contributed by atoms with Crippen molar-refractivity contribution in [2.24, 2.45) is 0 Å². The number of rotatable bonds is 5. The molecule has 0 fully saturated rings. The molecular weight excluding hydrogens is 220 g/mol. The molecule has 1 rings (SSSR count). The zero-order valence-electron chi connectivity index (χ0n) is 7.82. The van der Waals surface area contributed by atoms with E-state index in [-0.39, 0.29) is 5.82 Å². The summed E-state index contributed by atoms with van der Waals surface area (Å²) in [5, 5.41) is 10.5. The lowest BCUT2D eigenvalue weighted by Gasteiger charge is -2.00. The number of unbranched alkanes of at least 4 members (excludes halogenated alkanes) is 1. The van der Waals surface area contributed by atoms with Crippen LogP contribution in [0.25, 0.3) is 0 Å². The number of hydrogen-bond donors (Lipinski definition) is 2. The molecule has 1 aromatic heterocycles. The van der Waals surface area contributed by atoms with Crippen LogP contribution in [0.4, 0.5) is 5.82 Å². The normalized spacial score (nSPS) is 10.4. The van der Waals surface area contributed by atoms with Crippen LogP contribution < -0.4 is 5.73 Å². The molecule has 1 heterocycles. The van der Waals surface area contributed by atoms with Crippen molar-refractivity contribution >= 4 is 30.1 Å².